The van der Waals surface area contributed by atoms with Gasteiger partial charge in [-0.15, -0.1) is 0 Å². The van der Waals surface area contributed by atoms with E-state index in [9.17, 15) is 9.90 Å². The first kappa shape index (κ1) is 19.5. The molecule has 0 aliphatic heterocycles. The minimum atomic E-state index is -0.409. The molecule has 3 aromatic carbocycles. The Morgan fingerprint density at radius 3 is 2.57 bits per heavy atom. The first-order valence-electron chi connectivity index (χ1n) is 8.59. The summed E-state index contributed by atoms with van der Waals surface area (Å²) in [4.78, 5) is 12.6. The number of hydrogen-bond donors (Lipinski definition) is 2. The number of hydrazone groups is 1. The van der Waals surface area contributed by atoms with Crippen molar-refractivity contribution in [1.82, 2.24) is 5.43 Å². The molecule has 3 rings (SSSR count). The number of fused-ring (bicyclic) bond motifs is 1. The number of carbonyl (C=O) groups excluding carboxylic acids is 1. The monoisotopic (exact) mass is 398 g/mol. The molecule has 0 fully saturated rings. The van der Waals surface area contributed by atoms with Crippen LogP contribution in [0.4, 0.5) is 0 Å². The van der Waals surface area contributed by atoms with Gasteiger partial charge >= 0.3 is 0 Å². The number of ether oxygens (including phenoxy) is 2. The lowest BCUT2D eigenvalue weighted by atomic mass is 10.1. The number of aromatic hydroxyl groups is 1. The lowest BCUT2D eigenvalue weighted by molar-refractivity contribution is 0.0952. The van der Waals surface area contributed by atoms with Gasteiger partial charge in [0, 0.05) is 0 Å². The standard InChI is InChI=1S/C21H19ClN2O4/c1-3-28-19-9-13(8-17(22)20(19)25)12-23-24-21(26)16-10-14-6-4-5-7-15(14)11-18(16)27-2/h4-12,25H,3H2,1-2H3,(H,24,26)/b23-12-. The van der Waals surface area contributed by atoms with E-state index in [2.05, 4.69) is 10.5 Å². The third kappa shape index (κ3) is 4.18. The van der Waals surface area contributed by atoms with E-state index in [1.165, 1.54) is 19.4 Å². The van der Waals surface area contributed by atoms with Crippen molar-refractivity contribution in [3.05, 3.63) is 64.7 Å². The van der Waals surface area contributed by atoms with Gasteiger partial charge in [0.1, 0.15) is 5.75 Å². The van der Waals surface area contributed by atoms with Gasteiger partial charge in [-0.3, -0.25) is 4.79 Å². The number of carbonyl (C=O) groups is 1. The molecular formula is C21H19ClN2O4. The Morgan fingerprint density at radius 1 is 1.18 bits per heavy atom. The maximum absolute atomic E-state index is 12.6. The Labute approximate surface area is 167 Å². The predicted molar refractivity (Wildman–Crippen MR) is 110 cm³/mol. The summed E-state index contributed by atoms with van der Waals surface area (Å²) < 4.78 is 10.7. The first-order chi connectivity index (χ1) is 13.5. The molecule has 0 unspecified atom stereocenters. The summed E-state index contributed by atoms with van der Waals surface area (Å²) in [7, 11) is 1.51. The maximum Gasteiger partial charge on any atom is 0.275 e. The second kappa shape index (κ2) is 8.63. The van der Waals surface area contributed by atoms with Gasteiger partial charge in [0.15, 0.2) is 11.5 Å². The predicted octanol–water partition coefficient (Wildman–Crippen LogP) is 4.37. The third-order valence-corrected chi connectivity index (χ3v) is 4.33. The zero-order valence-electron chi connectivity index (χ0n) is 15.4. The highest BCUT2D eigenvalue weighted by atomic mass is 35.5. The number of nitrogens with zero attached hydrogens (tertiary/aromatic N) is 1. The summed E-state index contributed by atoms with van der Waals surface area (Å²) in [5.74, 6) is 0.163. The molecular weight excluding hydrogens is 380 g/mol. The van der Waals surface area contributed by atoms with Gasteiger partial charge in [0.05, 0.1) is 30.5 Å². The normalized spacial score (nSPS) is 11.0. The molecule has 3 aromatic rings. The molecule has 0 aliphatic rings. The van der Waals surface area contributed by atoms with Gasteiger partial charge in [-0.2, -0.15) is 5.10 Å². The highest BCUT2D eigenvalue weighted by molar-refractivity contribution is 6.32. The van der Waals surface area contributed by atoms with Crippen molar-refractivity contribution in [1.29, 1.82) is 0 Å². The fourth-order valence-electron chi connectivity index (χ4n) is 2.73. The first-order valence-corrected chi connectivity index (χ1v) is 8.96. The van der Waals surface area contributed by atoms with Crippen molar-refractivity contribution in [3.8, 4) is 17.2 Å². The molecule has 0 aliphatic carbocycles. The van der Waals surface area contributed by atoms with Crippen LogP contribution in [-0.2, 0) is 0 Å². The van der Waals surface area contributed by atoms with Crippen molar-refractivity contribution in [2.75, 3.05) is 13.7 Å². The van der Waals surface area contributed by atoms with Crippen molar-refractivity contribution >= 4 is 34.5 Å². The fraction of sp³-hybridized carbons (Fsp3) is 0.143. The summed E-state index contributed by atoms with van der Waals surface area (Å²) in [6, 6.07) is 14.4. The smallest absolute Gasteiger partial charge is 0.275 e. The van der Waals surface area contributed by atoms with Crippen molar-refractivity contribution in [2.24, 2.45) is 5.10 Å². The van der Waals surface area contributed by atoms with Crippen molar-refractivity contribution in [2.45, 2.75) is 6.92 Å². The summed E-state index contributed by atoms with van der Waals surface area (Å²) in [5, 5.41) is 15.9. The molecule has 0 saturated carbocycles. The molecule has 0 atom stereocenters. The Hall–Kier alpha value is -3.25. The lowest BCUT2D eigenvalue weighted by Gasteiger charge is -2.09. The average molecular weight is 399 g/mol. The van der Waals surface area contributed by atoms with Crippen LogP contribution in [0.15, 0.2) is 53.6 Å². The molecule has 0 saturated heterocycles. The van der Waals surface area contributed by atoms with Gasteiger partial charge in [-0.05, 0) is 47.5 Å². The zero-order valence-corrected chi connectivity index (χ0v) is 16.2. The number of halogens is 1. The summed E-state index contributed by atoms with van der Waals surface area (Å²) >= 11 is 5.99. The van der Waals surface area contributed by atoms with Crippen LogP contribution >= 0.6 is 11.6 Å². The summed E-state index contributed by atoms with van der Waals surface area (Å²) in [6.07, 6.45) is 1.42. The lowest BCUT2D eigenvalue weighted by Crippen LogP contribution is -2.18. The number of rotatable bonds is 6. The number of methoxy groups -OCH3 is 1. The van der Waals surface area contributed by atoms with Crippen LogP contribution in [-0.4, -0.2) is 30.9 Å². The topological polar surface area (TPSA) is 80.2 Å². The van der Waals surface area contributed by atoms with Crippen LogP contribution in [0.5, 0.6) is 17.2 Å². The van der Waals surface area contributed by atoms with Gasteiger partial charge in [0.2, 0.25) is 0 Å². The average Bonchev–Trinajstić information content (AvgIpc) is 2.70. The van der Waals surface area contributed by atoms with Crippen LogP contribution < -0.4 is 14.9 Å². The quantitative estimate of drug-likeness (QED) is 0.477. The molecule has 2 N–H and O–H groups in total. The molecule has 0 spiro atoms. The number of phenolic OH excluding ortho intramolecular Hbond substituents is 1. The van der Waals surface area contributed by atoms with E-state index in [0.29, 0.717) is 23.5 Å². The van der Waals surface area contributed by atoms with E-state index in [-0.39, 0.29) is 16.5 Å². The molecule has 1 amide bonds. The second-order valence-corrected chi connectivity index (χ2v) is 6.29. The maximum atomic E-state index is 12.6. The third-order valence-electron chi connectivity index (χ3n) is 4.04. The van der Waals surface area contributed by atoms with Gasteiger partial charge in [0.25, 0.3) is 5.91 Å². The van der Waals surface area contributed by atoms with Crippen LogP contribution in [0.3, 0.4) is 0 Å². The van der Waals surface area contributed by atoms with Gasteiger partial charge in [-0.1, -0.05) is 35.9 Å². The van der Waals surface area contributed by atoms with Crippen LogP contribution in [0.1, 0.15) is 22.8 Å². The van der Waals surface area contributed by atoms with Gasteiger partial charge < -0.3 is 14.6 Å². The number of hydrogen-bond acceptors (Lipinski definition) is 5. The Bertz CT molecular complexity index is 1050. The molecule has 0 bridgehead atoms. The molecule has 6 nitrogen and oxygen atoms in total. The highest BCUT2D eigenvalue weighted by Crippen LogP contribution is 2.34. The Kier molecular flexibility index (Phi) is 6.01. The molecule has 0 aromatic heterocycles. The molecule has 144 valence electrons. The van der Waals surface area contributed by atoms with Gasteiger partial charge in [-0.25, -0.2) is 5.43 Å². The van der Waals surface area contributed by atoms with E-state index in [1.54, 1.807) is 19.1 Å². The molecule has 7 heteroatoms. The van der Waals surface area contributed by atoms with Crippen LogP contribution in [0, 0.1) is 0 Å². The number of benzene rings is 3. The summed E-state index contributed by atoms with van der Waals surface area (Å²) in [5.41, 5.74) is 3.42. The largest absolute Gasteiger partial charge is 0.503 e. The summed E-state index contributed by atoms with van der Waals surface area (Å²) in [6.45, 7) is 2.17. The molecule has 28 heavy (non-hydrogen) atoms. The van der Waals surface area contributed by atoms with E-state index >= 15 is 0 Å². The van der Waals surface area contributed by atoms with Crippen molar-refractivity contribution < 1.29 is 19.4 Å². The van der Waals surface area contributed by atoms with Crippen LogP contribution in [0.2, 0.25) is 5.02 Å². The van der Waals surface area contributed by atoms with E-state index in [1.807, 2.05) is 30.3 Å². The Balaban J connectivity index is 1.81. The molecule has 0 heterocycles. The Morgan fingerprint density at radius 2 is 1.89 bits per heavy atom. The van der Waals surface area contributed by atoms with Crippen molar-refractivity contribution in [3.63, 3.8) is 0 Å². The number of phenols is 1. The van der Waals surface area contributed by atoms with Crippen LogP contribution in [0.25, 0.3) is 10.8 Å². The molecule has 0 radical (unpaired) electrons. The second-order valence-electron chi connectivity index (χ2n) is 5.88. The van der Waals surface area contributed by atoms with E-state index in [4.69, 9.17) is 21.1 Å². The fourth-order valence-corrected chi connectivity index (χ4v) is 2.94. The minimum Gasteiger partial charge on any atom is -0.503 e. The zero-order chi connectivity index (χ0) is 20.1. The van der Waals surface area contributed by atoms with E-state index in [0.717, 1.165) is 10.8 Å². The minimum absolute atomic E-state index is 0.134. The van der Waals surface area contributed by atoms with E-state index < -0.39 is 5.91 Å². The number of nitrogens with one attached hydrogen (secondary N) is 1. The number of amides is 1. The highest BCUT2D eigenvalue weighted by Gasteiger charge is 2.13. The SMILES string of the molecule is CCOc1cc(/C=N\NC(=O)c2cc3ccccc3cc2OC)cc(Cl)c1O.